The van der Waals surface area contributed by atoms with Gasteiger partial charge in [0.05, 0.1) is 18.1 Å². The van der Waals surface area contributed by atoms with Crippen molar-refractivity contribution < 1.29 is 4.79 Å². The number of pyridine rings is 1. The van der Waals surface area contributed by atoms with Crippen LogP contribution in [-0.2, 0) is 0 Å². The molecule has 1 aliphatic rings. The van der Waals surface area contributed by atoms with Crippen LogP contribution in [0.1, 0.15) is 5.56 Å². The number of amides is 2. The van der Waals surface area contributed by atoms with E-state index in [4.69, 9.17) is 0 Å². The largest absolute Gasteiger partial charge is 0.353 e. The number of aryl methyl sites for hydroxylation is 1. The lowest BCUT2D eigenvalue weighted by Gasteiger charge is -2.35. The quantitative estimate of drug-likeness (QED) is 0.713. The van der Waals surface area contributed by atoms with Crippen LogP contribution in [0.4, 0.5) is 27.9 Å². The Morgan fingerprint density at radius 3 is 2.14 bits per heavy atom. The molecule has 1 fully saturated rings. The molecule has 0 aliphatic carbocycles. The summed E-state index contributed by atoms with van der Waals surface area (Å²) in [7, 11) is 0. The molecule has 0 radical (unpaired) electrons. The number of rotatable bonds is 4. The van der Waals surface area contributed by atoms with E-state index < -0.39 is 0 Å². The topological polar surface area (TPSA) is 86.3 Å². The van der Waals surface area contributed by atoms with Gasteiger partial charge in [0, 0.05) is 38.1 Å². The van der Waals surface area contributed by atoms with Gasteiger partial charge in [-0.3, -0.25) is 0 Å². The number of nitrogens with one attached hydrogen (secondary N) is 2. The summed E-state index contributed by atoms with van der Waals surface area (Å²) >= 11 is 0. The lowest BCUT2D eigenvalue weighted by molar-refractivity contribution is 0.262. The molecule has 1 aromatic carbocycles. The van der Waals surface area contributed by atoms with Gasteiger partial charge in [-0.05, 0) is 31.2 Å². The first-order valence-corrected chi connectivity index (χ1v) is 9.55. The molecule has 1 saturated heterocycles. The van der Waals surface area contributed by atoms with Crippen LogP contribution in [0.15, 0.2) is 61.1 Å². The number of benzene rings is 1. The van der Waals surface area contributed by atoms with Gasteiger partial charge in [-0.2, -0.15) is 0 Å². The molecule has 0 unspecified atom stereocenters. The molecule has 0 bridgehead atoms. The molecule has 2 aromatic heterocycles. The molecule has 2 amide bonds. The van der Waals surface area contributed by atoms with Crippen LogP contribution in [-0.4, -0.2) is 47.2 Å². The molecular weight excluding hydrogens is 366 g/mol. The zero-order valence-electron chi connectivity index (χ0n) is 16.2. The molecule has 0 atom stereocenters. The number of nitrogens with zero attached hydrogens (tertiary/aromatic N) is 5. The molecule has 8 nitrogen and oxygen atoms in total. The van der Waals surface area contributed by atoms with Crippen molar-refractivity contribution >= 4 is 29.2 Å². The summed E-state index contributed by atoms with van der Waals surface area (Å²) in [6.07, 6.45) is 5.07. The molecule has 0 saturated carbocycles. The Morgan fingerprint density at radius 2 is 1.48 bits per heavy atom. The standard InChI is InChI=1S/C21H23N7O/c1-16-5-7-17(8-6-16)25-21(29)26-18-14-23-20(24-15-18)28-12-10-27(11-13-28)19-4-2-3-9-22-19/h2-9,14-15H,10-13H2,1H3,(H2,25,26,29). The Balaban J connectivity index is 1.30. The lowest BCUT2D eigenvalue weighted by atomic mass is 10.2. The SMILES string of the molecule is Cc1ccc(NC(=O)Nc2cnc(N3CCN(c4ccccn4)CC3)nc2)cc1. The fraction of sp³-hybridized carbons (Fsp3) is 0.238. The van der Waals surface area contributed by atoms with Crippen molar-refractivity contribution in [2.75, 3.05) is 46.6 Å². The average molecular weight is 389 g/mol. The summed E-state index contributed by atoms with van der Waals surface area (Å²) in [5, 5.41) is 5.54. The van der Waals surface area contributed by atoms with Crippen LogP contribution >= 0.6 is 0 Å². The number of carbonyl (C=O) groups is 1. The average Bonchev–Trinajstić information content (AvgIpc) is 2.77. The molecule has 2 N–H and O–H groups in total. The maximum absolute atomic E-state index is 12.1. The first-order valence-electron chi connectivity index (χ1n) is 9.55. The van der Waals surface area contributed by atoms with E-state index >= 15 is 0 Å². The van der Waals surface area contributed by atoms with Gasteiger partial charge in [0.2, 0.25) is 5.95 Å². The molecule has 3 heterocycles. The van der Waals surface area contributed by atoms with E-state index in [2.05, 4.69) is 35.4 Å². The van der Waals surface area contributed by atoms with E-state index in [9.17, 15) is 4.79 Å². The molecule has 3 aromatic rings. The first kappa shape index (κ1) is 18.7. The zero-order valence-corrected chi connectivity index (χ0v) is 16.2. The van der Waals surface area contributed by atoms with Crippen molar-refractivity contribution in [2.24, 2.45) is 0 Å². The predicted octanol–water partition coefficient (Wildman–Crippen LogP) is 3.15. The van der Waals surface area contributed by atoms with E-state index in [1.807, 2.05) is 55.6 Å². The number of hydrogen-bond donors (Lipinski definition) is 2. The highest BCUT2D eigenvalue weighted by Gasteiger charge is 2.19. The van der Waals surface area contributed by atoms with Gasteiger partial charge in [-0.1, -0.05) is 23.8 Å². The molecule has 1 aliphatic heterocycles. The van der Waals surface area contributed by atoms with Crippen LogP contribution in [0.5, 0.6) is 0 Å². The predicted molar refractivity (Wildman–Crippen MR) is 115 cm³/mol. The third-order valence-electron chi connectivity index (χ3n) is 4.74. The number of urea groups is 1. The normalized spacial score (nSPS) is 13.8. The highest BCUT2D eigenvalue weighted by molar-refractivity contribution is 5.99. The molecule has 8 heteroatoms. The Labute approximate surface area is 169 Å². The minimum Gasteiger partial charge on any atom is -0.353 e. The summed E-state index contributed by atoms with van der Waals surface area (Å²) in [4.78, 5) is 29.7. The van der Waals surface area contributed by atoms with Gasteiger partial charge >= 0.3 is 6.03 Å². The van der Waals surface area contributed by atoms with Crippen molar-refractivity contribution in [3.05, 3.63) is 66.6 Å². The van der Waals surface area contributed by atoms with Crippen molar-refractivity contribution in [2.45, 2.75) is 6.92 Å². The number of aromatic nitrogens is 3. The third-order valence-corrected chi connectivity index (χ3v) is 4.74. The van der Waals surface area contributed by atoms with Crippen molar-refractivity contribution in [3.8, 4) is 0 Å². The van der Waals surface area contributed by atoms with Crippen LogP contribution in [0.25, 0.3) is 0 Å². The van der Waals surface area contributed by atoms with E-state index in [1.165, 1.54) is 0 Å². The molecule has 29 heavy (non-hydrogen) atoms. The van der Waals surface area contributed by atoms with Gasteiger partial charge in [-0.15, -0.1) is 0 Å². The van der Waals surface area contributed by atoms with Gasteiger partial charge in [-0.25, -0.2) is 19.7 Å². The zero-order chi connectivity index (χ0) is 20.1. The van der Waals surface area contributed by atoms with E-state index in [1.54, 1.807) is 12.4 Å². The lowest BCUT2D eigenvalue weighted by Crippen LogP contribution is -2.47. The van der Waals surface area contributed by atoms with Crippen LogP contribution in [0.2, 0.25) is 0 Å². The Morgan fingerprint density at radius 1 is 0.828 bits per heavy atom. The van der Waals surface area contributed by atoms with Crippen molar-refractivity contribution in [3.63, 3.8) is 0 Å². The number of carbonyl (C=O) groups excluding carboxylic acids is 1. The van der Waals surface area contributed by atoms with Gasteiger partial charge in [0.25, 0.3) is 0 Å². The second-order valence-electron chi connectivity index (χ2n) is 6.88. The van der Waals surface area contributed by atoms with Crippen LogP contribution < -0.4 is 20.4 Å². The minimum absolute atomic E-state index is 0.325. The fourth-order valence-corrected chi connectivity index (χ4v) is 3.16. The number of hydrogen-bond acceptors (Lipinski definition) is 6. The second kappa shape index (κ2) is 8.55. The minimum atomic E-state index is -0.325. The smallest absolute Gasteiger partial charge is 0.323 e. The van der Waals surface area contributed by atoms with Crippen molar-refractivity contribution in [1.82, 2.24) is 15.0 Å². The van der Waals surface area contributed by atoms with Crippen LogP contribution in [0.3, 0.4) is 0 Å². The van der Waals surface area contributed by atoms with Crippen LogP contribution in [0, 0.1) is 6.92 Å². The molecule has 4 rings (SSSR count). The van der Waals surface area contributed by atoms with Gasteiger partial charge in [0.15, 0.2) is 0 Å². The highest BCUT2D eigenvalue weighted by Crippen LogP contribution is 2.17. The van der Waals surface area contributed by atoms with Gasteiger partial charge < -0.3 is 20.4 Å². The maximum Gasteiger partial charge on any atom is 0.323 e. The maximum atomic E-state index is 12.1. The van der Waals surface area contributed by atoms with E-state index in [0.29, 0.717) is 11.6 Å². The van der Waals surface area contributed by atoms with E-state index in [0.717, 1.165) is 43.2 Å². The summed E-state index contributed by atoms with van der Waals surface area (Å²) in [6.45, 7) is 5.36. The summed E-state index contributed by atoms with van der Waals surface area (Å²) < 4.78 is 0. The monoisotopic (exact) mass is 389 g/mol. The highest BCUT2D eigenvalue weighted by atomic mass is 16.2. The summed E-state index contributed by atoms with van der Waals surface area (Å²) in [5.74, 6) is 1.65. The van der Waals surface area contributed by atoms with Gasteiger partial charge in [0.1, 0.15) is 5.82 Å². The molecule has 148 valence electrons. The Bertz CT molecular complexity index is 937. The fourth-order valence-electron chi connectivity index (χ4n) is 3.16. The third kappa shape index (κ3) is 4.78. The van der Waals surface area contributed by atoms with E-state index in [-0.39, 0.29) is 6.03 Å². The molecular formula is C21H23N7O. The number of anilines is 4. The Kier molecular flexibility index (Phi) is 5.51. The Hall–Kier alpha value is -3.68. The second-order valence-corrected chi connectivity index (χ2v) is 6.88. The molecule has 0 spiro atoms. The first-order chi connectivity index (χ1) is 14.2. The summed E-state index contributed by atoms with van der Waals surface area (Å²) in [6, 6.07) is 13.2. The number of piperazine rings is 1. The van der Waals surface area contributed by atoms with Crippen molar-refractivity contribution in [1.29, 1.82) is 0 Å². The summed E-state index contributed by atoms with van der Waals surface area (Å²) in [5.41, 5.74) is 2.42.